The second-order valence-electron chi connectivity index (χ2n) is 27.8. The molecule has 13 N–H and O–H groups in total. The molecular weight excluding hydrogens is 1100 g/mol. The first-order valence-electron chi connectivity index (χ1n) is 30.6. The van der Waals surface area contributed by atoms with Crippen LogP contribution in [0.5, 0.6) is 0 Å². The van der Waals surface area contributed by atoms with E-state index in [0.29, 0.717) is 23.8 Å². The van der Waals surface area contributed by atoms with Gasteiger partial charge in [0.25, 0.3) is 0 Å². The van der Waals surface area contributed by atoms with Crippen molar-refractivity contribution >= 4 is 11.9 Å². The number of carbonyl (C=O) groups is 2. The summed E-state index contributed by atoms with van der Waals surface area (Å²) in [5, 5.41) is 134. The second kappa shape index (κ2) is 24.1. The number of rotatable bonds is 16. The molecule has 10 fully saturated rings. The molecule has 32 atom stereocenters. The number of ether oxygens (including phenoxy) is 9. The number of aliphatic hydroxyl groups is 12. The summed E-state index contributed by atoms with van der Waals surface area (Å²) < 4.78 is 54.9. The van der Waals surface area contributed by atoms with Crippen molar-refractivity contribution in [1.82, 2.24) is 5.32 Å². The first kappa shape index (κ1) is 64.6. The first-order chi connectivity index (χ1) is 39.6. The zero-order valence-corrected chi connectivity index (χ0v) is 49.7. The third-order valence-electron chi connectivity index (χ3n) is 23.4. The Labute approximate surface area is 490 Å². The highest BCUT2D eigenvalue weighted by Gasteiger charge is 2.82. The Morgan fingerprint density at radius 3 is 1.79 bits per heavy atom. The van der Waals surface area contributed by atoms with Crippen molar-refractivity contribution in [2.45, 2.75) is 261 Å². The van der Waals surface area contributed by atoms with Crippen molar-refractivity contribution in [2.24, 2.45) is 56.7 Å². The van der Waals surface area contributed by atoms with Crippen LogP contribution in [-0.2, 0) is 52.2 Å². The zero-order valence-electron chi connectivity index (χ0n) is 49.7. The predicted molar refractivity (Wildman–Crippen MR) is 291 cm³/mol. The van der Waals surface area contributed by atoms with Crippen LogP contribution in [-0.4, -0.2) is 234 Å². The number of hydrogen-bond donors (Lipinski definition) is 13. The molecule has 1 amide bonds. The number of hydrogen-bond acceptors (Lipinski definition) is 23. The lowest BCUT2D eigenvalue weighted by atomic mass is 9.42. The van der Waals surface area contributed by atoms with E-state index in [9.17, 15) is 70.9 Å². The summed E-state index contributed by atoms with van der Waals surface area (Å²) in [5.74, 6) is 0.534. The fourth-order valence-electron chi connectivity index (χ4n) is 18.0. The number of cyclic esters (lactones) is 1. The molecule has 24 nitrogen and oxygen atoms in total. The number of aliphatic hydroxyl groups excluding tert-OH is 12. The first-order valence-corrected chi connectivity index (χ1v) is 30.6. The van der Waals surface area contributed by atoms with Gasteiger partial charge in [-0.05, 0) is 129 Å². The van der Waals surface area contributed by atoms with Crippen LogP contribution < -0.4 is 5.32 Å². The van der Waals surface area contributed by atoms with E-state index in [1.165, 1.54) is 6.92 Å². The Morgan fingerprint density at radius 2 is 1.14 bits per heavy atom. The normalized spacial score (nSPS) is 53.1. The predicted octanol–water partition coefficient (Wildman–Crippen LogP) is -0.684. The fourth-order valence-corrected chi connectivity index (χ4v) is 18.0. The van der Waals surface area contributed by atoms with Gasteiger partial charge in [-0.15, -0.1) is 0 Å². The smallest absolute Gasteiger partial charge is 0.329 e. The summed E-state index contributed by atoms with van der Waals surface area (Å²) >= 11 is 0. The average Bonchev–Trinajstić information content (AvgIpc) is 1.47. The minimum absolute atomic E-state index is 0.0334. The van der Waals surface area contributed by atoms with Crippen molar-refractivity contribution in [3.8, 4) is 0 Å². The Kier molecular flexibility index (Phi) is 18.5. The van der Waals surface area contributed by atoms with Gasteiger partial charge >= 0.3 is 5.97 Å². The standard InChI is InChI=1S/C60H95NO23/c1-25(11-10-12-26(2)50(74)61-37-27(3)28(4)76-51(37)75)30-15-17-58(9)35-14-13-34-56(6,7)36(16-18-59(34)24-60(35,59)20-19-57(30,58)8)81-54-49(46(73)47(33(23-64)80-54)82-53-45(72)42(69)39(66)31(21-62)78-53)84-55-48(43(70)40(67)32(22-63)79-55)83-52-44(71)41(68)38(65)29(5)77-52/h10-12,25,27-49,52-55,62-73H,13-24H2,1-9H3,(H,61,74)/b11-10+,26-12+/t25-,27+,28-,29+,30-,31-,32-,33-,34+,35+,36+,37+,38+,39-,40-,41-,42+,43+,44-,45-,46+,47-,48-,49-,52+,53+,54+,55+,57-,58+,59-,60+/m1/s1. The summed E-state index contributed by atoms with van der Waals surface area (Å²) in [6.45, 7) is 16.2. The van der Waals surface area contributed by atoms with Crippen molar-refractivity contribution in [3.05, 3.63) is 23.8 Å². The maximum atomic E-state index is 13.1. The van der Waals surface area contributed by atoms with E-state index in [0.717, 1.165) is 51.4 Å². The molecule has 5 heterocycles. The molecule has 5 aliphatic heterocycles. The van der Waals surface area contributed by atoms with Crippen molar-refractivity contribution in [3.63, 3.8) is 0 Å². The minimum atomic E-state index is -1.94. The summed E-state index contributed by atoms with van der Waals surface area (Å²) in [6, 6.07) is -0.675. The summed E-state index contributed by atoms with van der Waals surface area (Å²) in [5.41, 5.74) is 0.290. The number of carbonyl (C=O) groups excluding carboxylic acids is 2. The molecular formula is C60H95NO23. The molecule has 10 rings (SSSR count). The highest BCUT2D eigenvalue weighted by atomic mass is 16.8. The molecule has 24 heteroatoms. The molecule has 0 bridgehead atoms. The van der Waals surface area contributed by atoms with Gasteiger partial charge in [0.15, 0.2) is 25.2 Å². The fraction of sp³-hybridized carbons (Fsp3) is 0.900. The largest absolute Gasteiger partial charge is 0.461 e. The van der Waals surface area contributed by atoms with Gasteiger partial charge in [-0.3, -0.25) is 4.79 Å². The third kappa shape index (κ3) is 10.6. The van der Waals surface area contributed by atoms with E-state index < -0.39 is 166 Å². The molecule has 478 valence electrons. The van der Waals surface area contributed by atoms with Crippen LogP contribution in [0.15, 0.2) is 23.8 Å². The van der Waals surface area contributed by atoms with E-state index in [4.69, 9.17) is 42.6 Å². The molecule has 84 heavy (non-hydrogen) atoms. The van der Waals surface area contributed by atoms with E-state index in [-0.39, 0.29) is 51.4 Å². The lowest BCUT2D eigenvalue weighted by molar-refractivity contribution is -0.406. The molecule has 0 aromatic heterocycles. The summed E-state index contributed by atoms with van der Waals surface area (Å²) in [4.78, 5) is 25.5. The molecule has 0 unspecified atom stereocenters. The van der Waals surface area contributed by atoms with Crippen molar-refractivity contribution in [2.75, 3.05) is 19.8 Å². The van der Waals surface area contributed by atoms with Crippen LogP contribution in [0.4, 0.5) is 0 Å². The van der Waals surface area contributed by atoms with Crippen LogP contribution in [0.3, 0.4) is 0 Å². The molecule has 10 aliphatic rings. The maximum Gasteiger partial charge on any atom is 0.329 e. The van der Waals surface area contributed by atoms with Gasteiger partial charge in [0.2, 0.25) is 5.91 Å². The molecule has 5 saturated heterocycles. The average molecular weight is 1200 g/mol. The molecule has 5 saturated carbocycles. The molecule has 0 aromatic carbocycles. The summed E-state index contributed by atoms with van der Waals surface area (Å²) in [7, 11) is 0. The second-order valence-corrected chi connectivity index (χ2v) is 27.8. The van der Waals surface area contributed by atoms with E-state index >= 15 is 0 Å². The lowest BCUT2D eigenvalue weighted by Gasteiger charge is -2.63. The highest BCUT2D eigenvalue weighted by molar-refractivity contribution is 5.96. The quantitative estimate of drug-likeness (QED) is 0.0394. The van der Waals surface area contributed by atoms with E-state index in [2.05, 4.69) is 46.0 Å². The van der Waals surface area contributed by atoms with Gasteiger partial charge in [-0.1, -0.05) is 59.8 Å². The van der Waals surface area contributed by atoms with Crippen LogP contribution in [0.2, 0.25) is 0 Å². The SMILES string of the molecule is C/C(=C\C=C\[C@@H](C)[C@H]1CC[C@@]2(C)[C@@H]3CC[C@H]4C(C)(C)[C@@H](O[C@@H]5O[C@H](CO)[C@@H](O[C@@H]6O[C@H](CO)[C@@H](O)[C@H](O)[C@H]6O)[C@H](O)[C@H]5O[C@@H]5O[C@H](CO)[C@@H](O)[C@H](O)[C@H]5O[C@@H]5O[C@@H](C)[C@H](O)[C@@H](O)[C@H]5O)CC[C@@]45C[C@@]35CC[C@]12C)C(=O)N[C@@H]1C(=O)O[C@H](C)[C@@H]1C. The summed E-state index contributed by atoms with van der Waals surface area (Å²) in [6.07, 6.45) is -19.9. The van der Waals surface area contributed by atoms with Gasteiger partial charge in [0, 0.05) is 11.5 Å². The highest BCUT2D eigenvalue weighted by Crippen LogP contribution is 2.89. The minimum Gasteiger partial charge on any atom is -0.461 e. The van der Waals surface area contributed by atoms with Gasteiger partial charge in [-0.25, -0.2) is 4.79 Å². The van der Waals surface area contributed by atoms with Gasteiger partial charge in [-0.2, -0.15) is 0 Å². The lowest BCUT2D eigenvalue weighted by Crippen LogP contribution is -2.68. The molecule has 5 aliphatic carbocycles. The number of amides is 1. The van der Waals surface area contributed by atoms with E-state index in [1.54, 1.807) is 6.92 Å². The Balaban J connectivity index is 0.877. The Bertz CT molecular complexity index is 2420. The van der Waals surface area contributed by atoms with Crippen molar-refractivity contribution in [1.29, 1.82) is 0 Å². The van der Waals surface area contributed by atoms with Gasteiger partial charge in [0.05, 0.1) is 32.0 Å². The van der Waals surface area contributed by atoms with Crippen molar-refractivity contribution < 1.29 is 113 Å². The monoisotopic (exact) mass is 1200 g/mol. The van der Waals surface area contributed by atoms with Crippen LogP contribution >= 0.6 is 0 Å². The molecule has 0 aromatic rings. The Morgan fingerprint density at radius 1 is 0.595 bits per heavy atom. The molecule has 2 spiro atoms. The maximum absolute atomic E-state index is 13.1. The van der Waals surface area contributed by atoms with Gasteiger partial charge in [0.1, 0.15) is 104 Å². The Hall–Kier alpha value is -2.38. The topological polar surface area (TPSA) is 372 Å². The van der Waals surface area contributed by atoms with Gasteiger partial charge < -0.3 is 109 Å². The number of esters is 1. The number of allylic oxidation sites excluding steroid dienone is 3. The van der Waals surface area contributed by atoms with Crippen LogP contribution in [0, 0.1) is 56.7 Å². The zero-order chi connectivity index (χ0) is 61.1. The van der Waals surface area contributed by atoms with E-state index in [1.807, 2.05) is 26.0 Å². The number of fused-ring (bicyclic) bond motifs is 2. The molecule has 0 radical (unpaired) electrons. The van der Waals surface area contributed by atoms with Crippen LogP contribution in [0.1, 0.15) is 120 Å². The number of nitrogens with one attached hydrogen (secondary N) is 1. The van der Waals surface area contributed by atoms with Crippen LogP contribution in [0.25, 0.3) is 0 Å². The third-order valence-corrected chi connectivity index (χ3v) is 23.4.